The largest absolute Gasteiger partial charge is 0.299 e. The molecule has 1 aliphatic rings. The molecular formula is C12H18O. The lowest BCUT2D eigenvalue weighted by atomic mass is 9.65. The summed E-state index contributed by atoms with van der Waals surface area (Å²) in [5.41, 5.74) is -0.134. The molecule has 0 spiro atoms. The zero-order valence-electron chi connectivity index (χ0n) is 8.60. The van der Waals surface area contributed by atoms with Gasteiger partial charge in [0.25, 0.3) is 0 Å². The zero-order chi connectivity index (χ0) is 9.90. The third kappa shape index (κ3) is 1.94. The third-order valence-electron chi connectivity index (χ3n) is 3.55. The second-order valence-electron chi connectivity index (χ2n) is 4.34. The average molecular weight is 178 g/mol. The van der Waals surface area contributed by atoms with Gasteiger partial charge in [0, 0.05) is 18.3 Å². The van der Waals surface area contributed by atoms with Crippen LogP contribution in [0.5, 0.6) is 0 Å². The fourth-order valence-corrected chi connectivity index (χ4v) is 2.17. The Morgan fingerprint density at radius 1 is 1.69 bits per heavy atom. The van der Waals surface area contributed by atoms with Crippen molar-refractivity contribution in [3.8, 4) is 12.3 Å². The number of Topliss-reactive ketones (excluding diaryl/α,β-unsaturated/α-hetero) is 1. The van der Waals surface area contributed by atoms with Gasteiger partial charge in [-0.25, -0.2) is 0 Å². The van der Waals surface area contributed by atoms with Crippen molar-refractivity contribution >= 4 is 5.78 Å². The second kappa shape index (κ2) is 3.96. The highest BCUT2D eigenvalue weighted by Crippen LogP contribution is 2.41. The lowest BCUT2D eigenvalue weighted by Gasteiger charge is -2.37. The fraction of sp³-hybridized carbons (Fsp3) is 0.750. The summed E-state index contributed by atoms with van der Waals surface area (Å²) in [6, 6.07) is 0. The van der Waals surface area contributed by atoms with Crippen molar-refractivity contribution < 1.29 is 4.79 Å². The molecule has 0 saturated heterocycles. The lowest BCUT2D eigenvalue weighted by Crippen LogP contribution is -2.37. The average Bonchev–Trinajstić information content (AvgIpc) is 2.11. The summed E-state index contributed by atoms with van der Waals surface area (Å²) < 4.78 is 0. The van der Waals surface area contributed by atoms with Crippen LogP contribution in [-0.2, 0) is 4.79 Å². The number of ketones is 1. The molecule has 0 aromatic carbocycles. The van der Waals surface area contributed by atoms with Crippen LogP contribution in [0.25, 0.3) is 0 Å². The molecule has 0 amide bonds. The highest BCUT2D eigenvalue weighted by Gasteiger charge is 2.39. The highest BCUT2D eigenvalue weighted by atomic mass is 16.1. The predicted molar refractivity (Wildman–Crippen MR) is 54.2 cm³/mol. The van der Waals surface area contributed by atoms with Crippen LogP contribution in [0.1, 0.15) is 46.0 Å². The summed E-state index contributed by atoms with van der Waals surface area (Å²) in [4.78, 5) is 11.8. The Labute approximate surface area is 80.9 Å². The summed E-state index contributed by atoms with van der Waals surface area (Å²) in [5.74, 6) is 3.55. The van der Waals surface area contributed by atoms with Gasteiger partial charge in [-0.2, -0.15) is 0 Å². The van der Waals surface area contributed by atoms with Crippen LogP contribution in [0.15, 0.2) is 0 Å². The van der Waals surface area contributed by atoms with E-state index in [0.717, 1.165) is 25.7 Å². The summed E-state index contributed by atoms with van der Waals surface area (Å²) in [6.45, 7) is 4.25. The zero-order valence-corrected chi connectivity index (χ0v) is 8.60. The van der Waals surface area contributed by atoms with E-state index >= 15 is 0 Å². The molecule has 1 nitrogen and oxygen atoms in total. The van der Waals surface area contributed by atoms with Crippen molar-refractivity contribution in [1.29, 1.82) is 0 Å². The molecule has 0 heterocycles. The van der Waals surface area contributed by atoms with E-state index in [0.29, 0.717) is 11.7 Å². The van der Waals surface area contributed by atoms with Crippen molar-refractivity contribution in [2.24, 2.45) is 11.3 Å². The molecule has 72 valence electrons. The van der Waals surface area contributed by atoms with Crippen LogP contribution >= 0.6 is 0 Å². The van der Waals surface area contributed by atoms with Crippen molar-refractivity contribution in [3.05, 3.63) is 0 Å². The first-order valence-electron chi connectivity index (χ1n) is 5.08. The van der Waals surface area contributed by atoms with Crippen molar-refractivity contribution in [1.82, 2.24) is 0 Å². The number of terminal acetylenes is 1. The van der Waals surface area contributed by atoms with Gasteiger partial charge in [-0.05, 0) is 25.2 Å². The maximum absolute atomic E-state index is 11.8. The topological polar surface area (TPSA) is 17.1 Å². The van der Waals surface area contributed by atoms with Gasteiger partial charge < -0.3 is 0 Å². The maximum Gasteiger partial charge on any atom is 0.139 e. The van der Waals surface area contributed by atoms with Gasteiger partial charge in [-0.3, -0.25) is 4.79 Å². The van der Waals surface area contributed by atoms with E-state index in [1.54, 1.807) is 0 Å². The van der Waals surface area contributed by atoms with Crippen LogP contribution in [0.2, 0.25) is 0 Å². The molecule has 1 saturated carbocycles. The molecule has 0 aliphatic heterocycles. The van der Waals surface area contributed by atoms with E-state index in [1.165, 1.54) is 6.42 Å². The molecule has 0 bridgehead atoms. The maximum atomic E-state index is 11.8. The highest BCUT2D eigenvalue weighted by molar-refractivity contribution is 5.85. The fourth-order valence-electron chi connectivity index (χ4n) is 2.17. The SMILES string of the molecule is C#CCC[C@]1(C)C(=O)CCC[C@H]1C. The standard InChI is InChI=1S/C12H18O/c1-4-5-9-12(3)10(2)7-6-8-11(12)13/h1,10H,5-9H2,2-3H3/t10-,12+/m1/s1. The Kier molecular flexibility index (Phi) is 3.14. The Morgan fingerprint density at radius 3 is 2.92 bits per heavy atom. The minimum Gasteiger partial charge on any atom is -0.299 e. The van der Waals surface area contributed by atoms with Gasteiger partial charge in [0.1, 0.15) is 5.78 Å². The van der Waals surface area contributed by atoms with E-state index < -0.39 is 0 Å². The van der Waals surface area contributed by atoms with Crippen molar-refractivity contribution in [2.45, 2.75) is 46.0 Å². The number of hydrogen-bond acceptors (Lipinski definition) is 1. The Bertz CT molecular complexity index is 236. The van der Waals surface area contributed by atoms with Gasteiger partial charge in [0.15, 0.2) is 0 Å². The van der Waals surface area contributed by atoms with Crippen LogP contribution in [0.4, 0.5) is 0 Å². The lowest BCUT2D eigenvalue weighted by molar-refractivity contribution is -0.133. The van der Waals surface area contributed by atoms with E-state index in [9.17, 15) is 4.79 Å². The van der Waals surface area contributed by atoms with E-state index in [4.69, 9.17) is 6.42 Å². The van der Waals surface area contributed by atoms with Gasteiger partial charge in [-0.1, -0.05) is 13.8 Å². The van der Waals surface area contributed by atoms with Crippen molar-refractivity contribution in [2.75, 3.05) is 0 Å². The van der Waals surface area contributed by atoms with Gasteiger partial charge in [0.2, 0.25) is 0 Å². The number of carbonyl (C=O) groups excluding carboxylic acids is 1. The molecule has 2 atom stereocenters. The smallest absolute Gasteiger partial charge is 0.139 e. The normalized spacial score (nSPS) is 34.2. The Balaban J connectivity index is 2.70. The number of hydrogen-bond donors (Lipinski definition) is 0. The van der Waals surface area contributed by atoms with E-state index in [1.807, 2.05) is 0 Å². The summed E-state index contributed by atoms with van der Waals surface area (Å²) >= 11 is 0. The molecule has 0 radical (unpaired) electrons. The number of carbonyl (C=O) groups is 1. The monoisotopic (exact) mass is 178 g/mol. The third-order valence-corrected chi connectivity index (χ3v) is 3.55. The van der Waals surface area contributed by atoms with Gasteiger partial charge >= 0.3 is 0 Å². The van der Waals surface area contributed by atoms with Crippen LogP contribution in [0.3, 0.4) is 0 Å². The molecule has 0 aromatic heterocycles. The first kappa shape index (κ1) is 10.3. The molecule has 1 aliphatic carbocycles. The molecule has 1 fully saturated rings. The molecule has 13 heavy (non-hydrogen) atoms. The van der Waals surface area contributed by atoms with E-state index in [2.05, 4.69) is 19.8 Å². The molecule has 1 heteroatoms. The minimum absolute atomic E-state index is 0.134. The van der Waals surface area contributed by atoms with Gasteiger partial charge in [0.05, 0.1) is 0 Å². The van der Waals surface area contributed by atoms with Gasteiger partial charge in [-0.15, -0.1) is 12.3 Å². The summed E-state index contributed by atoms with van der Waals surface area (Å²) in [5, 5.41) is 0. The first-order valence-corrected chi connectivity index (χ1v) is 5.08. The molecule has 0 unspecified atom stereocenters. The molecule has 0 N–H and O–H groups in total. The predicted octanol–water partition coefficient (Wildman–Crippen LogP) is 2.80. The van der Waals surface area contributed by atoms with Crippen LogP contribution < -0.4 is 0 Å². The Hall–Kier alpha value is -0.770. The molecule has 0 aromatic rings. The summed E-state index contributed by atoms with van der Waals surface area (Å²) in [6.07, 6.45) is 9.82. The minimum atomic E-state index is -0.134. The molecular weight excluding hydrogens is 160 g/mol. The summed E-state index contributed by atoms with van der Waals surface area (Å²) in [7, 11) is 0. The Morgan fingerprint density at radius 2 is 2.38 bits per heavy atom. The quantitative estimate of drug-likeness (QED) is 0.594. The van der Waals surface area contributed by atoms with Crippen molar-refractivity contribution in [3.63, 3.8) is 0 Å². The van der Waals surface area contributed by atoms with E-state index in [-0.39, 0.29) is 5.41 Å². The van der Waals surface area contributed by atoms with Crippen LogP contribution in [-0.4, -0.2) is 5.78 Å². The number of rotatable bonds is 2. The second-order valence-corrected chi connectivity index (χ2v) is 4.34. The first-order chi connectivity index (χ1) is 6.11. The van der Waals surface area contributed by atoms with Crippen LogP contribution in [0, 0.1) is 23.7 Å². The molecule has 1 rings (SSSR count).